The van der Waals surface area contributed by atoms with Crippen LogP contribution >= 0.6 is 13.5 Å². The Morgan fingerprint density at radius 2 is 1.85 bits per heavy atom. The summed E-state index contributed by atoms with van der Waals surface area (Å²) in [6, 6.07) is 7.82. The highest BCUT2D eigenvalue weighted by molar-refractivity contribution is 7.90. The fourth-order valence-electron chi connectivity index (χ4n) is 3.66. The van der Waals surface area contributed by atoms with Gasteiger partial charge in [0.25, 0.3) is 5.91 Å². The molecule has 3 N–H and O–H groups in total. The predicted octanol–water partition coefficient (Wildman–Crippen LogP) is 0.206. The lowest BCUT2D eigenvalue weighted by Gasteiger charge is -2.21. The van der Waals surface area contributed by atoms with E-state index in [4.69, 9.17) is 9.39 Å². The van der Waals surface area contributed by atoms with Crippen molar-refractivity contribution in [3.05, 3.63) is 58.7 Å². The summed E-state index contributed by atoms with van der Waals surface area (Å²) in [4.78, 5) is 25.7. The Hall–Kier alpha value is -2.38. The molecule has 1 heterocycles. The molecule has 184 valence electrons. The van der Waals surface area contributed by atoms with Crippen LogP contribution in [0.15, 0.2) is 41.3 Å². The number of carbonyl (C=O) groups is 2. The van der Waals surface area contributed by atoms with Crippen molar-refractivity contribution in [3.63, 3.8) is 0 Å². The predicted molar refractivity (Wildman–Crippen MR) is 131 cm³/mol. The van der Waals surface area contributed by atoms with Gasteiger partial charge in [-0.25, -0.2) is 13.2 Å². The summed E-state index contributed by atoms with van der Waals surface area (Å²) in [5, 5.41) is 22.7. The number of ether oxygens (including phenoxy) is 1. The molecule has 12 heteroatoms. The van der Waals surface area contributed by atoms with E-state index < -0.39 is 41.0 Å². The van der Waals surface area contributed by atoms with Crippen molar-refractivity contribution >= 4 is 47.8 Å². The molecular weight excluding hydrogens is 481 g/mol. The van der Waals surface area contributed by atoms with Gasteiger partial charge >= 0.3 is 13.1 Å². The van der Waals surface area contributed by atoms with Crippen molar-refractivity contribution in [2.24, 2.45) is 0 Å². The number of nitrogens with one attached hydrogen (secondary N) is 1. The molecular formula is C22H28BNO8S2. The van der Waals surface area contributed by atoms with E-state index in [9.17, 15) is 28.1 Å². The van der Waals surface area contributed by atoms with Crippen molar-refractivity contribution in [1.29, 1.82) is 0 Å². The number of rotatable bonds is 8. The maximum atomic E-state index is 12.9. The minimum absolute atomic E-state index is 0. The Morgan fingerprint density at radius 1 is 1.21 bits per heavy atom. The van der Waals surface area contributed by atoms with Crippen molar-refractivity contribution in [1.82, 2.24) is 5.32 Å². The summed E-state index contributed by atoms with van der Waals surface area (Å²) in [5.74, 6) is -1.43. The number of benzene rings is 2. The second-order valence-corrected chi connectivity index (χ2v) is 9.91. The average molecular weight is 509 g/mol. The van der Waals surface area contributed by atoms with Gasteiger partial charge in [-0.1, -0.05) is 25.1 Å². The third-order valence-corrected chi connectivity index (χ3v) is 6.57. The number of amides is 1. The minimum atomic E-state index is -3.34. The lowest BCUT2D eigenvalue weighted by atomic mass is 9.74. The highest BCUT2D eigenvalue weighted by Gasteiger charge is 2.33. The maximum absolute atomic E-state index is 12.9. The molecule has 3 rings (SSSR count). The van der Waals surface area contributed by atoms with Gasteiger partial charge in [0.2, 0.25) is 0 Å². The summed E-state index contributed by atoms with van der Waals surface area (Å²) >= 11 is 0. The highest BCUT2D eigenvalue weighted by Crippen LogP contribution is 2.18. The van der Waals surface area contributed by atoms with Crippen LogP contribution < -0.4 is 10.8 Å². The van der Waals surface area contributed by atoms with E-state index >= 15 is 0 Å². The first-order chi connectivity index (χ1) is 15.5. The average Bonchev–Trinajstić information content (AvgIpc) is 3.15. The molecule has 2 atom stereocenters. The molecule has 34 heavy (non-hydrogen) atoms. The zero-order valence-electron chi connectivity index (χ0n) is 19.1. The summed E-state index contributed by atoms with van der Waals surface area (Å²) in [7, 11) is -4.46. The molecule has 1 aliphatic rings. The van der Waals surface area contributed by atoms with E-state index in [-0.39, 0.29) is 37.2 Å². The van der Waals surface area contributed by atoms with Gasteiger partial charge in [0.15, 0.2) is 15.9 Å². The third-order valence-electron chi connectivity index (χ3n) is 5.44. The molecule has 0 aromatic heterocycles. The SMILES string of the molecule is CCc1c(C(=O)N[C@H](C(=O)OCc2ccc(S(C)(=O)=O)cc2)C(C)O)ccc2c1B(O)OC2.S. The number of aliphatic hydroxyl groups excluding tert-OH is 1. The number of sulfone groups is 1. The van der Waals surface area contributed by atoms with Crippen LogP contribution in [0.3, 0.4) is 0 Å². The van der Waals surface area contributed by atoms with Gasteiger partial charge in [-0.05, 0) is 53.7 Å². The van der Waals surface area contributed by atoms with E-state index in [0.717, 1.165) is 11.8 Å². The largest absolute Gasteiger partial charge is 0.492 e. The van der Waals surface area contributed by atoms with Crippen LogP contribution in [0.2, 0.25) is 0 Å². The van der Waals surface area contributed by atoms with Crippen molar-refractivity contribution < 1.29 is 37.5 Å². The molecule has 0 aliphatic carbocycles. The van der Waals surface area contributed by atoms with E-state index in [1.165, 1.54) is 31.2 Å². The Kier molecular flexibility index (Phi) is 9.32. The number of esters is 1. The van der Waals surface area contributed by atoms with Crippen molar-refractivity contribution in [2.45, 2.75) is 50.5 Å². The van der Waals surface area contributed by atoms with Crippen molar-refractivity contribution in [3.8, 4) is 0 Å². The molecule has 2 aromatic carbocycles. The van der Waals surface area contributed by atoms with Crippen LogP contribution in [0.5, 0.6) is 0 Å². The molecule has 0 saturated heterocycles. The Bertz CT molecular complexity index is 1150. The molecule has 1 unspecified atom stereocenters. The molecule has 0 saturated carbocycles. The Labute approximate surface area is 206 Å². The summed E-state index contributed by atoms with van der Waals surface area (Å²) in [6.45, 7) is 3.28. The van der Waals surface area contributed by atoms with Crippen LogP contribution in [0.1, 0.15) is 40.9 Å². The molecule has 0 radical (unpaired) electrons. The summed E-state index contributed by atoms with van der Waals surface area (Å²) in [6.07, 6.45) is 0.318. The van der Waals surface area contributed by atoms with Crippen LogP contribution in [0.4, 0.5) is 0 Å². The zero-order valence-corrected chi connectivity index (χ0v) is 20.9. The van der Waals surface area contributed by atoms with Crippen molar-refractivity contribution in [2.75, 3.05) is 6.26 Å². The minimum Gasteiger partial charge on any atom is -0.459 e. The topological polar surface area (TPSA) is 139 Å². The Balaban J connectivity index is 0.00000408. The van der Waals surface area contributed by atoms with Gasteiger partial charge in [0.05, 0.1) is 17.6 Å². The van der Waals surface area contributed by atoms with E-state index in [1.54, 1.807) is 12.1 Å². The Morgan fingerprint density at radius 3 is 2.41 bits per heavy atom. The van der Waals surface area contributed by atoms with Gasteiger partial charge in [-0.15, -0.1) is 0 Å². The maximum Gasteiger partial charge on any atom is 0.492 e. The fourth-order valence-corrected chi connectivity index (χ4v) is 4.30. The lowest BCUT2D eigenvalue weighted by Crippen LogP contribution is -2.49. The van der Waals surface area contributed by atoms with Gasteiger partial charge in [-0.2, -0.15) is 13.5 Å². The van der Waals surface area contributed by atoms with Crippen LogP contribution in [0.25, 0.3) is 0 Å². The van der Waals surface area contributed by atoms with Crippen LogP contribution in [-0.2, 0) is 43.7 Å². The fraction of sp³-hybridized carbons (Fsp3) is 0.364. The van der Waals surface area contributed by atoms with E-state index in [0.29, 0.717) is 23.0 Å². The van der Waals surface area contributed by atoms with Gasteiger partial charge in [0.1, 0.15) is 6.61 Å². The third kappa shape index (κ3) is 6.19. The standard InChI is InChI=1S/C22H26BNO8S.H2S/c1-4-17-18(10-7-15-12-32-23(28)19(15)17)21(26)24-20(13(2)25)22(27)31-11-14-5-8-16(9-6-14)33(3,29)30;/h5-10,13,20,25,28H,4,11-12H2,1-3H3,(H,24,26);1H2/t13?,20-;/m0./s1. The second kappa shape index (κ2) is 11.4. The first-order valence-corrected chi connectivity index (χ1v) is 12.3. The molecule has 0 fully saturated rings. The highest BCUT2D eigenvalue weighted by atomic mass is 32.2. The van der Waals surface area contributed by atoms with Crippen LogP contribution in [0, 0.1) is 0 Å². The van der Waals surface area contributed by atoms with E-state index in [1.807, 2.05) is 6.92 Å². The zero-order chi connectivity index (χ0) is 24.3. The number of aliphatic hydroxyl groups is 1. The quantitative estimate of drug-likeness (QED) is 0.339. The van der Waals surface area contributed by atoms with Gasteiger partial charge < -0.3 is 24.8 Å². The normalized spacial score (nSPS) is 14.6. The number of carbonyl (C=O) groups excluding carboxylic acids is 2. The van der Waals surface area contributed by atoms with Gasteiger partial charge in [0, 0.05) is 11.8 Å². The molecule has 0 spiro atoms. The smallest absolute Gasteiger partial charge is 0.459 e. The van der Waals surface area contributed by atoms with Crippen LogP contribution in [-0.4, -0.2) is 55.9 Å². The summed E-state index contributed by atoms with van der Waals surface area (Å²) in [5.41, 5.74) is 2.78. The summed E-state index contributed by atoms with van der Waals surface area (Å²) < 4.78 is 33.6. The molecule has 2 aromatic rings. The molecule has 9 nitrogen and oxygen atoms in total. The molecule has 1 aliphatic heterocycles. The van der Waals surface area contributed by atoms with Gasteiger partial charge in [-0.3, -0.25) is 4.79 Å². The number of hydrogen-bond donors (Lipinski definition) is 3. The first kappa shape index (κ1) is 27.9. The number of hydrogen-bond acceptors (Lipinski definition) is 8. The number of fused-ring (bicyclic) bond motifs is 1. The van der Waals surface area contributed by atoms with E-state index in [2.05, 4.69) is 5.32 Å². The first-order valence-electron chi connectivity index (χ1n) is 10.4. The molecule has 1 amide bonds. The lowest BCUT2D eigenvalue weighted by molar-refractivity contribution is -0.150. The second-order valence-electron chi connectivity index (χ2n) is 7.90. The molecule has 0 bridgehead atoms. The monoisotopic (exact) mass is 509 g/mol.